The van der Waals surface area contributed by atoms with Gasteiger partial charge in [0.25, 0.3) is 11.8 Å². The van der Waals surface area contributed by atoms with Gasteiger partial charge in [-0.15, -0.1) is 0 Å². The molecule has 0 aliphatic rings. The maximum absolute atomic E-state index is 12.2. The van der Waals surface area contributed by atoms with E-state index < -0.39 is 18.5 Å². The molecule has 2 aromatic carbocycles. The molecule has 2 N–H and O–H groups in total. The fourth-order valence-electron chi connectivity index (χ4n) is 2.74. The average molecular weight is 406 g/mol. The minimum atomic E-state index is -0.638. The van der Waals surface area contributed by atoms with Crippen molar-refractivity contribution >= 4 is 23.5 Å². The van der Waals surface area contributed by atoms with Crippen LogP contribution in [0.2, 0.25) is 0 Å². The molecule has 0 saturated heterocycles. The fraction of sp³-hybridized carbons (Fsp3) is 0.182. The van der Waals surface area contributed by atoms with Gasteiger partial charge in [-0.1, -0.05) is 36.4 Å². The van der Waals surface area contributed by atoms with Gasteiger partial charge in [0.05, 0.1) is 18.3 Å². The van der Waals surface area contributed by atoms with E-state index in [0.29, 0.717) is 24.3 Å². The van der Waals surface area contributed by atoms with E-state index in [1.54, 1.807) is 35.1 Å². The van der Waals surface area contributed by atoms with Crippen molar-refractivity contribution in [1.82, 2.24) is 15.1 Å². The first-order chi connectivity index (χ1) is 14.5. The zero-order chi connectivity index (χ0) is 21.3. The molecule has 0 aliphatic heterocycles. The molecule has 8 nitrogen and oxygen atoms in total. The van der Waals surface area contributed by atoms with Crippen molar-refractivity contribution in [1.29, 1.82) is 0 Å². The highest BCUT2D eigenvalue weighted by Gasteiger charge is 2.13. The average Bonchev–Trinajstić information content (AvgIpc) is 3.22. The molecule has 2 amide bonds. The first-order valence-electron chi connectivity index (χ1n) is 9.46. The Balaban J connectivity index is 1.51. The maximum Gasteiger partial charge on any atom is 0.341 e. The predicted molar refractivity (Wildman–Crippen MR) is 111 cm³/mol. The molecule has 3 rings (SSSR count). The number of hydrogen-bond acceptors (Lipinski definition) is 5. The number of anilines is 1. The monoisotopic (exact) mass is 406 g/mol. The Bertz CT molecular complexity index is 1030. The van der Waals surface area contributed by atoms with Crippen LogP contribution in [0.25, 0.3) is 0 Å². The van der Waals surface area contributed by atoms with Crippen molar-refractivity contribution in [2.45, 2.75) is 13.5 Å². The second-order valence-corrected chi connectivity index (χ2v) is 6.48. The Morgan fingerprint density at radius 2 is 1.83 bits per heavy atom. The maximum atomic E-state index is 12.2. The molecule has 0 spiro atoms. The van der Waals surface area contributed by atoms with Crippen LogP contribution in [0, 0.1) is 0 Å². The third kappa shape index (κ3) is 5.78. The van der Waals surface area contributed by atoms with Crippen LogP contribution in [0.4, 0.5) is 5.69 Å². The number of carbonyl (C=O) groups is 3. The highest BCUT2D eigenvalue weighted by Crippen LogP contribution is 2.11. The molecule has 0 fully saturated rings. The number of ether oxygens (including phenoxy) is 1. The number of hydrogen-bond donors (Lipinski definition) is 2. The van der Waals surface area contributed by atoms with E-state index in [4.69, 9.17) is 4.74 Å². The van der Waals surface area contributed by atoms with Crippen LogP contribution in [0.3, 0.4) is 0 Å². The molecule has 0 unspecified atom stereocenters. The summed E-state index contributed by atoms with van der Waals surface area (Å²) in [4.78, 5) is 36.1. The summed E-state index contributed by atoms with van der Waals surface area (Å²) in [5, 5.41) is 9.44. The largest absolute Gasteiger partial charge is 0.452 e. The lowest BCUT2D eigenvalue weighted by atomic mass is 10.2. The van der Waals surface area contributed by atoms with Gasteiger partial charge in [0.1, 0.15) is 0 Å². The summed E-state index contributed by atoms with van der Waals surface area (Å²) >= 11 is 0. The lowest BCUT2D eigenvalue weighted by Crippen LogP contribution is -2.23. The molecule has 30 heavy (non-hydrogen) atoms. The van der Waals surface area contributed by atoms with Gasteiger partial charge >= 0.3 is 5.97 Å². The third-order valence-electron chi connectivity index (χ3n) is 4.14. The Morgan fingerprint density at radius 3 is 2.60 bits per heavy atom. The standard InChI is InChI=1S/C22H22N4O4/c1-2-23-21(28)17-9-6-10-19(11-17)25-20(27)15-30-22(29)18-12-24-26(14-18)13-16-7-4-3-5-8-16/h3-12,14H,2,13,15H2,1H3,(H,23,28)(H,25,27). The van der Waals surface area contributed by atoms with Crippen molar-refractivity contribution in [3.8, 4) is 0 Å². The van der Waals surface area contributed by atoms with E-state index in [1.807, 2.05) is 37.3 Å². The van der Waals surface area contributed by atoms with Crippen LogP contribution in [0.5, 0.6) is 0 Å². The van der Waals surface area contributed by atoms with Crippen molar-refractivity contribution in [3.05, 3.63) is 83.7 Å². The van der Waals surface area contributed by atoms with E-state index >= 15 is 0 Å². The lowest BCUT2D eigenvalue weighted by Gasteiger charge is -2.08. The summed E-state index contributed by atoms with van der Waals surface area (Å²) in [7, 11) is 0. The van der Waals surface area contributed by atoms with Gasteiger partial charge in [0.15, 0.2) is 6.61 Å². The highest BCUT2D eigenvalue weighted by atomic mass is 16.5. The molecule has 0 saturated carbocycles. The molecule has 8 heteroatoms. The van der Waals surface area contributed by atoms with Gasteiger partial charge in [-0.3, -0.25) is 14.3 Å². The van der Waals surface area contributed by atoms with Crippen LogP contribution >= 0.6 is 0 Å². The number of amides is 2. The number of aromatic nitrogens is 2. The Hall–Kier alpha value is -3.94. The normalized spacial score (nSPS) is 10.3. The smallest absolute Gasteiger partial charge is 0.341 e. The first-order valence-corrected chi connectivity index (χ1v) is 9.46. The van der Waals surface area contributed by atoms with Gasteiger partial charge in [0, 0.05) is 24.0 Å². The van der Waals surface area contributed by atoms with Crippen LogP contribution in [0.1, 0.15) is 33.2 Å². The number of nitrogens with one attached hydrogen (secondary N) is 2. The summed E-state index contributed by atoms with van der Waals surface area (Å²) in [6.45, 7) is 2.40. The molecular formula is C22H22N4O4. The molecule has 0 radical (unpaired) electrons. The van der Waals surface area contributed by atoms with Crippen LogP contribution in [-0.2, 0) is 16.1 Å². The SMILES string of the molecule is CCNC(=O)c1cccc(NC(=O)COC(=O)c2cnn(Cc3ccccc3)c2)c1. The van der Waals surface area contributed by atoms with Crippen LogP contribution in [-0.4, -0.2) is 40.7 Å². The van der Waals surface area contributed by atoms with Gasteiger partial charge in [0.2, 0.25) is 0 Å². The second-order valence-electron chi connectivity index (χ2n) is 6.48. The van der Waals surface area contributed by atoms with Gasteiger partial charge < -0.3 is 15.4 Å². The molecule has 1 heterocycles. The summed E-state index contributed by atoms with van der Waals surface area (Å²) in [6.07, 6.45) is 2.97. The van der Waals surface area contributed by atoms with Crippen molar-refractivity contribution in [2.24, 2.45) is 0 Å². The third-order valence-corrected chi connectivity index (χ3v) is 4.14. The summed E-state index contributed by atoms with van der Waals surface area (Å²) in [5.41, 5.74) is 2.18. The molecule has 154 valence electrons. The Kier molecular flexibility index (Phi) is 6.94. The van der Waals surface area contributed by atoms with Crippen LogP contribution < -0.4 is 10.6 Å². The van der Waals surface area contributed by atoms with Gasteiger partial charge in [-0.2, -0.15) is 5.10 Å². The van der Waals surface area contributed by atoms with Crippen LogP contribution in [0.15, 0.2) is 67.0 Å². The van der Waals surface area contributed by atoms with E-state index in [9.17, 15) is 14.4 Å². The van der Waals surface area contributed by atoms with E-state index in [-0.39, 0.29) is 11.5 Å². The van der Waals surface area contributed by atoms with Gasteiger partial charge in [-0.05, 0) is 30.7 Å². The number of nitrogens with zero attached hydrogens (tertiary/aromatic N) is 2. The minimum Gasteiger partial charge on any atom is -0.452 e. The summed E-state index contributed by atoms with van der Waals surface area (Å²) in [5.74, 6) is -1.37. The lowest BCUT2D eigenvalue weighted by molar-refractivity contribution is -0.119. The van der Waals surface area contributed by atoms with Crippen molar-refractivity contribution < 1.29 is 19.1 Å². The predicted octanol–water partition coefficient (Wildman–Crippen LogP) is 2.48. The molecule has 3 aromatic rings. The zero-order valence-electron chi connectivity index (χ0n) is 16.5. The van der Waals surface area contributed by atoms with E-state index in [2.05, 4.69) is 15.7 Å². The zero-order valence-corrected chi connectivity index (χ0v) is 16.5. The minimum absolute atomic E-state index is 0.229. The van der Waals surface area contributed by atoms with Gasteiger partial charge in [-0.25, -0.2) is 4.79 Å². The molecule has 0 aliphatic carbocycles. The van der Waals surface area contributed by atoms with Crippen molar-refractivity contribution in [3.63, 3.8) is 0 Å². The van der Waals surface area contributed by atoms with E-state index in [1.165, 1.54) is 6.20 Å². The summed E-state index contributed by atoms with van der Waals surface area (Å²) in [6, 6.07) is 16.2. The second kappa shape index (κ2) is 10.0. The summed E-state index contributed by atoms with van der Waals surface area (Å²) < 4.78 is 6.68. The molecular weight excluding hydrogens is 384 g/mol. The topological polar surface area (TPSA) is 102 Å². The molecule has 0 atom stereocenters. The van der Waals surface area contributed by atoms with E-state index in [0.717, 1.165) is 5.56 Å². The first kappa shape index (κ1) is 20.8. The molecule has 1 aromatic heterocycles. The number of carbonyl (C=O) groups excluding carboxylic acids is 3. The number of rotatable bonds is 8. The Labute approximate surface area is 173 Å². The number of benzene rings is 2. The molecule has 0 bridgehead atoms. The fourth-order valence-corrected chi connectivity index (χ4v) is 2.74. The number of esters is 1. The van der Waals surface area contributed by atoms with Crippen molar-refractivity contribution in [2.75, 3.05) is 18.5 Å². The quantitative estimate of drug-likeness (QED) is 0.560. The highest BCUT2D eigenvalue weighted by molar-refractivity contribution is 5.98. The Morgan fingerprint density at radius 1 is 1.03 bits per heavy atom.